The van der Waals surface area contributed by atoms with Crippen molar-refractivity contribution in [2.24, 2.45) is 5.92 Å². The number of hydrogen-bond acceptors (Lipinski definition) is 4. The fraction of sp³-hybridized carbons (Fsp3) is 0.235. The maximum absolute atomic E-state index is 11.8. The Morgan fingerprint density at radius 3 is 2.57 bits per heavy atom. The molecule has 0 fully saturated rings. The summed E-state index contributed by atoms with van der Waals surface area (Å²) in [7, 11) is 1.64. The molecule has 0 atom stereocenters. The average Bonchev–Trinajstić information content (AvgIpc) is 2.97. The van der Waals surface area contributed by atoms with Gasteiger partial charge in [0, 0.05) is 11.5 Å². The molecular weight excluding hydrogens is 292 g/mol. The predicted octanol–water partition coefficient (Wildman–Crippen LogP) is 3.00. The van der Waals surface area contributed by atoms with Crippen molar-refractivity contribution in [3.63, 3.8) is 0 Å². The molecule has 0 unspecified atom stereocenters. The van der Waals surface area contributed by atoms with Gasteiger partial charge in [0.2, 0.25) is 11.9 Å². The van der Waals surface area contributed by atoms with Gasteiger partial charge in [-0.3, -0.25) is 10.1 Å². The first-order valence-electron chi connectivity index (χ1n) is 7.39. The Bertz CT molecular complexity index is 837. The van der Waals surface area contributed by atoms with Crippen molar-refractivity contribution in [2.45, 2.75) is 13.8 Å². The van der Waals surface area contributed by atoms with Crippen LogP contribution in [0.1, 0.15) is 13.8 Å². The summed E-state index contributed by atoms with van der Waals surface area (Å²) in [4.78, 5) is 16.2. The SMILES string of the molecule is COc1ccc(-c2cccc3nc(NC(=O)C(C)C)nn23)cc1. The Morgan fingerprint density at radius 1 is 1.17 bits per heavy atom. The first-order chi connectivity index (χ1) is 11.1. The summed E-state index contributed by atoms with van der Waals surface area (Å²) in [5, 5.41) is 7.12. The van der Waals surface area contributed by atoms with Gasteiger partial charge >= 0.3 is 0 Å². The van der Waals surface area contributed by atoms with Gasteiger partial charge in [-0.25, -0.2) is 4.52 Å². The number of ether oxygens (including phenoxy) is 1. The number of fused-ring (bicyclic) bond motifs is 1. The molecule has 0 spiro atoms. The van der Waals surface area contributed by atoms with Gasteiger partial charge in [-0.15, -0.1) is 5.10 Å². The Morgan fingerprint density at radius 2 is 1.91 bits per heavy atom. The van der Waals surface area contributed by atoms with E-state index in [-0.39, 0.29) is 11.8 Å². The minimum atomic E-state index is -0.123. The van der Waals surface area contributed by atoms with Crippen LogP contribution in [0.4, 0.5) is 5.95 Å². The predicted molar refractivity (Wildman–Crippen MR) is 88.4 cm³/mol. The van der Waals surface area contributed by atoms with Gasteiger partial charge in [-0.05, 0) is 36.4 Å². The van der Waals surface area contributed by atoms with E-state index < -0.39 is 0 Å². The molecule has 6 nitrogen and oxygen atoms in total. The molecule has 1 amide bonds. The van der Waals surface area contributed by atoms with Crippen LogP contribution in [0, 0.1) is 5.92 Å². The van der Waals surface area contributed by atoms with Crippen molar-refractivity contribution < 1.29 is 9.53 Å². The van der Waals surface area contributed by atoms with Crippen molar-refractivity contribution in [3.8, 4) is 17.0 Å². The molecule has 0 saturated heterocycles. The van der Waals surface area contributed by atoms with E-state index >= 15 is 0 Å². The smallest absolute Gasteiger partial charge is 0.249 e. The number of benzene rings is 1. The molecule has 23 heavy (non-hydrogen) atoms. The second-order valence-electron chi connectivity index (χ2n) is 5.49. The number of methoxy groups -OCH3 is 1. The zero-order valence-corrected chi connectivity index (χ0v) is 13.3. The number of aromatic nitrogens is 3. The van der Waals surface area contributed by atoms with Gasteiger partial charge in [0.1, 0.15) is 5.75 Å². The molecule has 0 aliphatic carbocycles. The molecule has 0 radical (unpaired) electrons. The molecule has 0 aliphatic heterocycles. The van der Waals surface area contributed by atoms with E-state index in [2.05, 4.69) is 15.4 Å². The Labute approximate surface area is 134 Å². The number of nitrogens with zero attached hydrogens (tertiary/aromatic N) is 3. The second-order valence-corrected chi connectivity index (χ2v) is 5.49. The fourth-order valence-electron chi connectivity index (χ4n) is 2.19. The number of anilines is 1. The van der Waals surface area contributed by atoms with Crippen LogP contribution in [0.5, 0.6) is 5.75 Å². The lowest BCUT2D eigenvalue weighted by Crippen LogP contribution is -2.18. The highest BCUT2D eigenvalue weighted by Crippen LogP contribution is 2.23. The number of carbonyl (C=O) groups is 1. The van der Waals surface area contributed by atoms with E-state index in [1.165, 1.54) is 0 Å². The summed E-state index contributed by atoms with van der Waals surface area (Å²) < 4.78 is 6.90. The lowest BCUT2D eigenvalue weighted by atomic mass is 10.1. The third kappa shape index (κ3) is 3.01. The second kappa shape index (κ2) is 6.08. The van der Waals surface area contributed by atoms with Crippen molar-refractivity contribution in [1.82, 2.24) is 14.6 Å². The van der Waals surface area contributed by atoms with Crippen molar-refractivity contribution in [3.05, 3.63) is 42.5 Å². The molecule has 1 N–H and O–H groups in total. The summed E-state index contributed by atoms with van der Waals surface area (Å²) in [6.07, 6.45) is 0. The molecule has 0 saturated carbocycles. The summed E-state index contributed by atoms with van der Waals surface area (Å²) in [6, 6.07) is 13.4. The van der Waals surface area contributed by atoms with Gasteiger partial charge in [-0.1, -0.05) is 19.9 Å². The van der Waals surface area contributed by atoms with Crippen LogP contribution in [0.15, 0.2) is 42.5 Å². The van der Waals surface area contributed by atoms with Gasteiger partial charge in [0.25, 0.3) is 0 Å². The number of amides is 1. The van der Waals surface area contributed by atoms with Crippen LogP contribution in [-0.4, -0.2) is 27.6 Å². The van der Waals surface area contributed by atoms with Gasteiger partial charge in [0.15, 0.2) is 5.65 Å². The average molecular weight is 310 g/mol. The van der Waals surface area contributed by atoms with E-state index in [0.29, 0.717) is 11.6 Å². The number of nitrogens with one attached hydrogen (secondary N) is 1. The molecular formula is C17H18N4O2. The number of pyridine rings is 1. The van der Waals surface area contributed by atoms with Crippen LogP contribution < -0.4 is 10.1 Å². The highest BCUT2D eigenvalue weighted by atomic mass is 16.5. The van der Waals surface area contributed by atoms with Crippen LogP contribution in [-0.2, 0) is 4.79 Å². The Hall–Kier alpha value is -2.89. The highest BCUT2D eigenvalue weighted by molar-refractivity contribution is 5.90. The van der Waals surface area contributed by atoms with Crippen LogP contribution in [0.3, 0.4) is 0 Å². The Kier molecular flexibility index (Phi) is 3.97. The molecule has 2 aromatic heterocycles. The molecule has 118 valence electrons. The molecule has 1 aromatic carbocycles. The highest BCUT2D eigenvalue weighted by Gasteiger charge is 2.13. The summed E-state index contributed by atoms with van der Waals surface area (Å²) in [5.41, 5.74) is 2.56. The monoisotopic (exact) mass is 310 g/mol. The first-order valence-corrected chi connectivity index (χ1v) is 7.39. The Balaban J connectivity index is 2.00. The molecule has 6 heteroatoms. The molecule has 3 rings (SSSR count). The van der Waals surface area contributed by atoms with E-state index in [4.69, 9.17) is 4.74 Å². The van der Waals surface area contributed by atoms with Crippen molar-refractivity contribution in [2.75, 3.05) is 12.4 Å². The third-order valence-corrected chi connectivity index (χ3v) is 3.50. The van der Waals surface area contributed by atoms with E-state index in [1.54, 1.807) is 11.6 Å². The minimum Gasteiger partial charge on any atom is -0.497 e. The zero-order valence-electron chi connectivity index (χ0n) is 13.3. The van der Waals surface area contributed by atoms with E-state index in [0.717, 1.165) is 17.0 Å². The van der Waals surface area contributed by atoms with Gasteiger partial charge < -0.3 is 4.74 Å². The lowest BCUT2D eigenvalue weighted by Gasteiger charge is -2.05. The fourth-order valence-corrected chi connectivity index (χ4v) is 2.19. The largest absolute Gasteiger partial charge is 0.497 e. The third-order valence-electron chi connectivity index (χ3n) is 3.50. The van der Waals surface area contributed by atoms with Crippen LogP contribution in [0.25, 0.3) is 16.9 Å². The lowest BCUT2D eigenvalue weighted by molar-refractivity contribution is -0.118. The van der Waals surface area contributed by atoms with E-state index in [1.807, 2.05) is 56.3 Å². The van der Waals surface area contributed by atoms with Crippen LogP contribution >= 0.6 is 0 Å². The summed E-state index contributed by atoms with van der Waals surface area (Å²) in [6.45, 7) is 3.65. The molecule has 0 aliphatic rings. The molecule has 3 aromatic rings. The van der Waals surface area contributed by atoms with E-state index in [9.17, 15) is 4.79 Å². The summed E-state index contributed by atoms with van der Waals surface area (Å²) in [5.74, 6) is 0.878. The van der Waals surface area contributed by atoms with Crippen molar-refractivity contribution >= 4 is 17.5 Å². The molecule has 0 bridgehead atoms. The molecule has 2 heterocycles. The first kappa shape index (κ1) is 15.0. The number of hydrogen-bond donors (Lipinski definition) is 1. The minimum absolute atomic E-state index is 0.105. The standard InChI is InChI=1S/C17H18N4O2/c1-11(2)16(22)19-17-18-15-6-4-5-14(21(15)20-17)12-7-9-13(23-3)10-8-12/h4-11H,1-3H3,(H,19,20,22). The van der Waals surface area contributed by atoms with Crippen LogP contribution in [0.2, 0.25) is 0 Å². The van der Waals surface area contributed by atoms with Crippen molar-refractivity contribution in [1.29, 1.82) is 0 Å². The normalized spacial score (nSPS) is 11.0. The van der Waals surface area contributed by atoms with Gasteiger partial charge in [0.05, 0.1) is 12.8 Å². The quantitative estimate of drug-likeness (QED) is 0.804. The maximum atomic E-state index is 11.8. The number of rotatable bonds is 4. The topological polar surface area (TPSA) is 68.5 Å². The van der Waals surface area contributed by atoms with Gasteiger partial charge in [-0.2, -0.15) is 4.98 Å². The maximum Gasteiger partial charge on any atom is 0.249 e. The zero-order chi connectivity index (χ0) is 16.4. The summed E-state index contributed by atoms with van der Waals surface area (Å²) >= 11 is 0. The number of carbonyl (C=O) groups excluding carboxylic acids is 1.